The molecule has 0 fully saturated rings. The molecule has 0 spiro atoms. The van der Waals surface area contributed by atoms with Crippen LogP contribution in [0.1, 0.15) is 41.3 Å². The first-order valence-electron chi connectivity index (χ1n) is 6.67. The highest BCUT2D eigenvalue weighted by Gasteiger charge is 2.16. The molecule has 110 valence electrons. The predicted octanol–water partition coefficient (Wildman–Crippen LogP) is 5.24. The normalized spacial score (nSPS) is 10.8. The van der Waals surface area contributed by atoms with Crippen molar-refractivity contribution in [2.24, 2.45) is 0 Å². The van der Waals surface area contributed by atoms with Crippen molar-refractivity contribution in [3.8, 4) is 5.75 Å². The number of carbonyl (C=O) groups excluding carboxylic acids is 1. The Morgan fingerprint density at radius 1 is 1.24 bits per heavy atom. The van der Waals surface area contributed by atoms with Gasteiger partial charge < -0.3 is 4.74 Å². The van der Waals surface area contributed by atoms with E-state index < -0.39 is 11.8 Å². The average Bonchev–Trinajstić information content (AvgIpc) is 2.41. The molecule has 4 heteroatoms. The molecule has 2 rings (SSSR count). The summed E-state index contributed by atoms with van der Waals surface area (Å²) in [6, 6.07) is 9.52. The highest BCUT2D eigenvalue weighted by atomic mass is 79.9. The van der Waals surface area contributed by atoms with Crippen molar-refractivity contribution in [2.45, 2.75) is 26.7 Å². The minimum atomic E-state index is -0.687. The van der Waals surface area contributed by atoms with E-state index in [0.29, 0.717) is 5.75 Å². The number of halogens is 2. The Kier molecular flexibility index (Phi) is 4.78. The summed E-state index contributed by atoms with van der Waals surface area (Å²) < 4.78 is 19.9. The van der Waals surface area contributed by atoms with E-state index in [1.54, 1.807) is 6.07 Å². The quantitative estimate of drug-likeness (QED) is 0.558. The number of benzene rings is 2. The fourth-order valence-corrected chi connectivity index (χ4v) is 2.92. The molecule has 0 atom stereocenters. The highest BCUT2D eigenvalue weighted by Crippen LogP contribution is 2.32. The van der Waals surface area contributed by atoms with Crippen LogP contribution in [0.2, 0.25) is 0 Å². The predicted molar refractivity (Wildman–Crippen MR) is 84.3 cm³/mol. The summed E-state index contributed by atoms with van der Waals surface area (Å²) in [7, 11) is 0. The number of esters is 1. The second kappa shape index (κ2) is 6.39. The van der Waals surface area contributed by atoms with Gasteiger partial charge in [0.15, 0.2) is 0 Å². The molecule has 21 heavy (non-hydrogen) atoms. The van der Waals surface area contributed by atoms with Gasteiger partial charge in [-0.2, -0.15) is 0 Å². The Labute approximate surface area is 132 Å². The summed E-state index contributed by atoms with van der Waals surface area (Å²) in [5.41, 5.74) is 1.79. The van der Waals surface area contributed by atoms with Crippen LogP contribution in [0.3, 0.4) is 0 Å². The molecule has 0 heterocycles. The zero-order valence-electron chi connectivity index (χ0n) is 12.1. The van der Waals surface area contributed by atoms with Crippen LogP contribution in [0.4, 0.5) is 4.39 Å². The van der Waals surface area contributed by atoms with Crippen molar-refractivity contribution in [2.75, 3.05) is 0 Å². The summed E-state index contributed by atoms with van der Waals surface area (Å²) in [5, 5.41) is 0. The minimum absolute atomic E-state index is 0.0640. The molecule has 0 aliphatic heterocycles. The first kappa shape index (κ1) is 15.7. The Bertz CT molecular complexity index is 680. The SMILES string of the molecule is Cc1cc(Br)c(C(C)C)cc1OC(=O)c1ccccc1F. The zero-order valence-corrected chi connectivity index (χ0v) is 13.7. The first-order valence-corrected chi connectivity index (χ1v) is 7.46. The fraction of sp³-hybridized carbons (Fsp3) is 0.235. The van der Waals surface area contributed by atoms with E-state index in [4.69, 9.17) is 4.74 Å². The van der Waals surface area contributed by atoms with Gasteiger partial charge in [-0.15, -0.1) is 0 Å². The van der Waals surface area contributed by atoms with E-state index >= 15 is 0 Å². The standard InChI is InChI=1S/C17H16BrFO2/c1-10(2)13-9-16(11(3)8-14(13)18)21-17(20)12-6-4-5-7-15(12)19/h4-10H,1-3H3. The number of aryl methyl sites for hydroxylation is 1. The molecule has 0 radical (unpaired) electrons. The third-order valence-corrected chi connectivity index (χ3v) is 3.90. The van der Waals surface area contributed by atoms with Crippen LogP contribution in [0.5, 0.6) is 5.75 Å². The van der Waals surface area contributed by atoms with E-state index in [1.807, 2.05) is 19.1 Å². The van der Waals surface area contributed by atoms with Gasteiger partial charge in [0.05, 0.1) is 5.56 Å². The maximum atomic E-state index is 13.6. The van der Waals surface area contributed by atoms with Gasteiger partial charge >= 0.3 is 5.97 Å². The number of carbonyl (C=O) groups is 1. The summed E-state index contributed by atoms with van der Waals surface area (Å²) in [6.45, 7) is 5.95. The molecule has 0 amide bonds. The van der Waals surface area contributed by atoms with Crippen LogP contribution >= 0.6 is 15.9 Å². The van der Waals surface area contributed by atoms with Gasteiger partial charge in [0.25, 0.3) is 0 Å². The van der Waals surface area contributed by atoms with E-state index in [1.165, 1.54) is 18.2 Å². The third kappa shape index (κ3) is 3.50. The molecule has 0 bridgehead atoms. The monoisotopic (exact) mass is 350 g/mol. The Balaban J connectivity index is 2.34. The second-order valence-electron chi connectivity index (χ2n) is 5.16. The lowest BCUT2D eigenvalue weighted by atomic mass is 10.0. The number of hydrogen-bond donors (Lipinski definition) is 0. The number of ether oxygens (including phenoxy) is 1. The molecule has 0 unspecified atom stereocenters. The lowest BCUT2D eigenvalue weighted by Crippen LogP contribution is -2.11. The van der Waals surface area contributed by atoms with Crippen molar-refractivity contribution < 1.29 is 13.9 Å². The van der Waals surface area contributed by atoms with Crippen molar-refractivity contribution in [1.82, 2.24) is 0 Å². The molecule has 0 aromatic heterocycles. The first-order chi connectivity index (χ1) is 9.90. The largest absolute Gasteiger partial charge is 0.423 e. The lowest BCUT2D eigenvalue weighted by Gasteiger charge is -2.14. The summed E-state index contributed by atoms with van der Waals surface area (Å²) in [4.78, 5) is 12.1. The van der Waals surface area contributed by atoms with Crippen LogP contribution in [-0.4, -0.2) is 5.97 Å². The van der Waals surface area contributed by atoms with Gasteiger partial charge in [0.2, 0.25) is 0 Å². The molecular formula is C17H16BrFO2. The van der Waals surface area contributed by atoms with Gasteiger partial charge in [-0.05, 0) is 48.2 Å². The van der Waals surface area contributed by atoms with Crippen molar-refractivity contribution in [1.29, 1.82) is 0 Å². The molecule has 2 aromatic carbocycles. The maximum Gasteiger partial charge on any atom is 0.346 e. The van der Waals surface area contributed by atoms with Gasteiger partial charge in [-0.25, -0.2) is 9.18 Å². The van der Waals surface area contributed by atoms with Crippen LogP contribution in [-0.2, 0) is 0 Å². The highest BCUT2D eigenvalue weighted by molar-refractivity contribution is 9.10. The molecule has 2 nitrogen and oxygen atoms in total. The van der Waals surface area contributed by atoms with Crippen molar-refractivity contribution in [3.63, 3.8) is 0 Å². The molecule has 0 N–H and O–H groups in total. The molecule has 2 aromatic rings. The van der Waals surface area contributed by atoms with Gasteiger partial charge in [-0.1, -0.05) is 41.9 Å². The van der Waals surface area contributed by atoms with Crippen molar-refractivity contribution >= 4 is 21.9 Å². The summed E-state index contributed by atoms with van der Waals surface area (Å²) >= 11 is 3.50. The average molecular weight is 351 g/mol. The zero-order chi connectivity index (χ0) is 15.6. The van der Waals surface area contributed by atoms with Crippen LogP contribution in [0.15, 0.2) is 40.9 Å². The van der Waals surface area contributed by atoms with Gasteiger partial charge in [0, 0.05) is 4.47 Å². The minimum Gasteiger partial charge on any atom is -0.423 e. The van der Waals surface area contributed by atoms with E-state index in [2.05, 4.69) is 29.8 Å². The second-order valence-corrected chi connectivity index (χ2v) is 6.02. The molecule has 0 aliphatic carbocycles. The molecule has 0 saturated heterocycles. The molecule has 0 saturated carbocycles. The molecule has 0 aliphatic rings. The van der Waals surface area contributed by atoms with Crippen LogP contribution < -0.4 is 4.74 Å². The fourth-order valence-electron chi connectivity index (χ4n) is 2.00. The smallest absolute Gasteiger partial charge is 0.346 e. The van der Waals surface area contributed by atoms with Crippen molar-refractivity contribution in [3.05, 3.63) is 63.4 Å². The molecular weight excluding hydrogens is 335 g/mol. The third-order valence-electron chi connectivity index (χ3n) is 3.21. The lowest BCUT2D eigenvalue weighted by molar-refractivity contribution is 0.0728. The topological polar surface area (TPSA) is 26.3 Å². The summed E-state index contributed by atoms with van der Waals surface area (Å²) in [5.74, 6) is -0.532. The van der Waals surface area contributed by atoms with E-state index in [0.717, 1.165) is 15.6 Å². The number of hydrogen-bond acceptors (Lipinski definition) is 2. The van der Waals surface area contributed by atoms with E-state index in [-0.39, 0.29) is 11.5 Å². The van der Waals surface area contributed by atoms with Crippen LogP contribution in [0, 0.1) is 12.7 Å². The van der Waals surface area contributed by atoms with Gasteiger partial charge in [0.1, 0.15) is 11.6 Å². The Morgan fingerprint density at radius 2 is 1.90 bits per heavy atom. The Morgan fingerprint density at radius 3 is 2.52 bits per heavy atom. The van der Waals surface area contributed by atoms with Crippen LogP contribution in [0.25, 0.3) is 0 Å². The maximum absolute atomic E-state index is 13.6. The summed E-state index contributed by atoms with van der Waals surface area (Å²) in [6.07, 6.45) is 0. The van der Waals surface area contributed by atoms with E-state index in [9.17, 15) is 9.18 Å². The number of rotatable bonds is 3. The van der Waals surface area contributed by atoms with Gasteiger partial charge in [-0.3, -0.25) is 0 Å². The Hall–Kier alpha value is -1.68.